The molecule has 2 nitrogen and oxygen atoms in total. The van der Waals surface area contributed by atoms with E-state index in [1.54, 1.807) is 26.1 Å². The van der Waals surface area contributed by atoms with Gasteiger partial charge in [-0.05, 0) is 25.5 Å². The molecule has 0 saturated heterocycles. The van der Waals surface area contributed by atoms with Crippen LogP contribution in [0.5, 0.6) is 0 Å². The fourth-order valence-corrected chi connectivity index (χ4v) is 2.19. The lowest BCUT2D eigenvalue weighted by molar-refractivity contribution is 0.203. The van der Waals surface area contributed by atoms with Gasteiger partial charge < -0.3 is 5.11 Å². The molecule has 0 aliphatic rings. The normalized spacial score (nSPS) is 12.8. The average Bonchev–Trinajstić information content (AvgIpc) is 2.71. The number of benzene rings is 1. The van der Waals surface area contributed by atoms with Crippen LogP contribution in [0.15, 0.2) is 24.4 Å². The van der Waals surface area contributed by atoms with Crippen molar-refractivity contribution in [3.63, 3.8) is 0 Å². The van der Waals surface area contributed by atoms with Gasteiger partial charge in [-0.15, -0.1) is 11.3 Å². The van der Waals surface area contributed by atoms with E-state index >= 15 is 0 Å². The molecule has 1 heterocycles. The number of hydrogen-bond donors (Lipinski definition) is 1. The third kappa shape index (κ3) is 2.13. The van der Waals surface area contributed by atoms with Crippen LogP contribution in [-0.2, 0) is 0 Å². The molecule has 84 valence electrons. The van der Waals surface area contributed by atoms with Crippen LogP contribution >= 0.6 is 11.3 Å². The van der Waals surface area contributed by atoms with Gasteiger partial charge in [0, 0.05) is 11.8 Å². The molecular weight excluding hydrogens is 225 g/mol. The van der Waals surface area contributed by atoms with E-state index in [0.29, 0.717) is 5.56 Å². The first-order valence-corrected chi connectivity index (χ1v) is 5.80. The molecule has 0 bridgehead atoms. The van der Waals surface area contributed by atoms with Crippen LogP contribution in [0.3, 0.4) is 0 Å². The lowest BCUT2D eigenvalue weighted by Gasteiger charge is -1.99. The largest absolute Gasteiger partial charge is 0.388 e. The number of aliphatic hydroxyl groups excluding tert-OH is 1. The summed E-state index contributed by atoms with van der Waals surface area (Å²) in [5.41, 5.74) is 1.37. The van der Waals surface area contributed by atoms with Gasteiger partial charge in [-0.25, -0.2) is 9.37 Å². The number of aryl methyl sites for hydroxylation is 1. The Balaban J connectivity index is 2.39. The van der Waals surface area contributed by atoms with Crippen LogP contribution in [0.1, 0.15) is 23.5 Å². The molecule has 2 aromatic rings. The van der Waals surface area contributed by atoms with Crippen LogP contribution in [0, 0.1) is 12.7 Å². The number of halogens is 1. The lowest BCUT2D eigenvalue weighted by Crippen LogP contribution is -1.83. The molecule has 1 atom stereocenters. The van der Waals surface area contributed by atoms with Crippen molar-refractivity contribution in [2.45, 2.75) is 20.0 Å². The van der Waals surface area contributed by atoms with Gasteiger partial charge in [-0.1, -0.05) is 12.1 Å². The van der Waals surface area contributed by atoms with E-state index in [4.69, 9.17) is 0 Å². The summed E-state index contributed by atoms with van der Waals surface area (Å²) in [4.78, 5) is 4.96. The first kappa shape index (κ1) is 11.2. The molecular formula is C12H12FNOS. The fourth-order valence-electron chi connectivity index (χ4n) is 1.34. The van der Waals surface area contributed by atoms with E-state index < -0.39 is 6.10 Å². The van der Waals surface area contributed by atoms with Crippen LogP contribution in [0.2, 0.25) is 0 Å². The highest BCUT2D eigenvalue weighted by molar-refractivity contribution is 7.15. The van der Waals surface area contributed by atoms with Gasteiger partial charge in [0.1, 0.15) is 10.8 Å². The van der Waals surface area contributed by atoms with Crippen molar-refractivity contribution in [2.75, 3.05) is 0 Å². The zero-order valence-corrected chi connectivity index (χ0v) is 9.88. The topological polar surface area (TPSA) is 33.1 Å². The molecule has 1 N–H and O–H groups in total. The monoisotopic (exact) mass is 237 g/mol. The minimum Gasteiger partial charge on any atom is -0.388 e. The van der Waals surface area contributed by atoms with Crippen LogP contribution in [-0.4, -0.2) is 10.1 Å². The predicted octanol–water partition coefficient (Wildman–Crippen LogP) is 3.31. The van der Waals surface area contributed by atoms with Crippen molar-refractivity contribution in [1.82, 2.24) is 4.98 Å². The van der Waals surface area contributed by atoms with Crippen molar-refractivity contribution >= 4 is 11.3 Å². The smallest absolute Gasteiger partial charge is 0.126 e. The Kier molecular flexibility index (Phi) is 3.03. The number of aliphatic hydroxyl groups is 1. The summed E-state index contributed by atoms with van der Waals surface area (Å²) in [6, 6.07) is 5.04. The third-order valence-electron chi connectivity index (χ3n) is 2.35. The van der Waals surface area contributed by atoms with Crippen LogP contribution in [0.4, 0.5) is 4.39 Å². The van der Waals surface area contributed by atoms with Crippen LogP contribution < -0.4 is 0 Å². The minimum absolute atomic E-state index is 0.230. The Hall–Kier alpha value is -1.26. The predicted molar refractivity (Wildman–Crippen MR) is 62.9 cm³/mol. The Morgan fingerprint density at radius 3 is 2.75 bits per heavy atom. The summed E-state index contributed by atoms with van der Waals surface area (Å²) in [6.07, 6.45) is 1.10. The molecule has 2 rings (SSSR count). The van der Waals surface area contributed by atoms with E-state index in [1.807, 2.05) is 6.07 Å². The molecule has 0 amide bonds. The molecule has 0 fully saturated rings. The number of rotatable bonds is 2. The van der Waals surface area contributed by atoms with Gasteiger partial charge in [0.2, 0.25) is 0 Å². The van der Waals surface area contributed by atoms with Crippen molar-refractivity contribution in [3.05, 3.63) is 40.7 Å². The standard InChI is InChI=1S/C12H12FNOS/c1-7-3-4-9(5-10(7)13)12-14-6-11(16-12)8(2)15/h3-6,8,15H,1-2H3. The SMILES string of the molecule is Cc1ccc(-c2ncc(C(C)O)s2)cc1F. The molecule has 1 aromatic carbocycles. The maximum Gasteiger partial charge on any atom is 0.126 e. The van der Waals surface area contributed by atoms with E-state index in [9.17, 15) is 9.50 Å². The molecule has 0 radical (unpaired) electrons. The molecule has 0 spiro atoms. The number of aromatic nitrogens is 1. The zero-order chi connectivity index (χ0) is 11.7. The summed E-state index contributed by atoms with van der Waals surface area (Å²) in [5.74, 6) is -0.230. The van der Waals surface area contributed by atoms with Gasteiger partial charge in [0.25, 0.3) is 0 Å². The summed E-state index contributed by atoms with van der Waals surface area (Å²) in [6.45, 7) is 3.41. The quantitative estimate of drug-likeness (QED) is 0.869. The maximum atomic E-state index is 13.4. The van der Waals surface area contributed by atoms with E-state index in [-0.39, 0.29) is 5.82 Å². The Labute approximate surface area is 97.4 Å². The number of hydrogen-bond acceptors (Lipinski definition) is 3. The summed E-state index contributed by atoms with van der Waals surface area (Å²) in [5, 5.41) is 10.1. The van der Waals surface area contributed by atoms with E-state index in [2.05, 4.69) is 4.98 Å². The van der Waals surface area contributed by atoms with Crippen molar-refractivity contribution in [1.29, 1.82) is 0 Å². The van der Waals surface area contributed by atoms with Crippen molar-refractivity contribution in [3.8, 4) is 10.6 Å². The second-order valence-electron chi connectivity index (χ2n) is 3.71. The van der Waals surface area contributed by atoms with E-state index in [1.165, 1.54) is 17.4 Å². The lowest BCUT2D eigenvalue weighted by atomic mass is 10.1. The Morgan fingerprint density at radius 1 is 1.44 bits per heavy atom. The Bertz CT molecular complexity index is 507. The average molecular weight is 237 g/mol. The highest BCUT2D eigenvalue weighted by Crippen LogP contribution is 2.29. The van der Waals surface area contributed by atoms with Gasteiger partial charge in [0.15, 0.2) is 0 Å². The zero-order valence-electron chi connectivity index (χ0n) is 9.07. The van der Waals surface area contributed by atoms with Crippen LogP contribution in [0.25, 0.3) is 10.6 Å². The summed E-state index contributed by atoms with van der Waals surface area (Å²) >= 11 is 1.38. The highest BCUT2D eigenvalue weighted by Gasteiger charge is 2.09. The van der Waals surface area contributed by atoms with Crippen molar-refractivity contribution in [2.24, 2.45) is 0 Å². The van der Waals surface area contributed by atoms with Gasteiger partial charge >= 0.3 is 0 Å². The van der Waals surface area contributed by atoms with Gasteiger partial charge in [0.05, 0.1) is 11.0 Å². The Morgan fingerprint density at radius 2 is 2.19 bits per heavy atom. The first-order valence-electron chi connectivity index (χ1n) is 4.98. The number of thiazole rings is 1. The van der Waals surface area contributed by atoms with Gasteiger partial charge in [-0.3, -0.25) is 0 Å². The first-order chi connectivity index (χ1) is 7.58. The summed E-state index contributed by atoms with van der Waals surface area (Å²) in [7, 11) is 0. The van der Waals surface area contributed by atoms with Gasteiger partial charge in [-0.2, -0.15) is 0 Å². The second-order valence-corrected chi connectivity index (χ2v) is 4.77. The molecule has 4 heteroatoms. The molecule has 0 aliphatic heterocycles. The fraction of sp³-hybridized carbons (Fsp3) is 0.250. The maximum absolute atomic E-state index is 13.4. The van der Waals surface area contributed by atoms with E-state index in [0.717, 1.165) is 15.4 Å². The molecule has 16 heavy (non-hydrogen) atoms. The molecule has 1 unspecified atom stereocenters. The minimum atomic E-state index is -0.526. The highest BCUT2D eigenvalue weighted by atomic mass is 32.1. The third-order valence-corrected chi connectivity index (χ3v) is 3.57. The molecule has 0 aliphatic carbocycles. The van der Waals surface area contributed by atoms with Crippen molar-refractivity contribution < 1.29 is 9.50 Å². The molecule has 0 saturated carbocycles. The second kappa shape index (κ2) is 4.31. The summed E-state index contributed by atoms with van der Waals surface area (Å²) < 4.78 is 13.4. The molecule has 1 aromatic heterocycles. The number of nitrogens with zero attached hydrogens (tertiary/aromatic N) is 1.